The standard InChI is InChI=1S/C24H25N7O4S3/c1-4-36-24-30-28-22(38-24)26-20(32)14-37-23-29-27-19(13-25-21(33)15-8-6-5-7-9-15)31(23)17-12-16(34-2)10-11-18(17)35-3/h5-12H,4,13-14H2,1-3H3,(H,25,33)(H,26,28,32). The van der Waals surface area contributed by atoms with Crippen LogP contribution in [0.25, 0.3) is 5.69 Å². The fourth-order valence-electron chi connectivity index (χ4n) is 3.30. The van der Waals surface area contributed by atoms with Crippen molar-refractivity contribution in [2.75, 3.05) is 31.0 Å². The number of carbonyl (C=O) groups is 2. The van der Waals surface area contributed by atoms with Gasteiger partial charge >= 0.3 is 0 Å². The maximum atomic E-state index is 12.6. The van der Waals surface area contributed by atoms with Crippen LogP contribution >= 0.6 is 34.9 Å². The Morgan fingerprint density at radius 2 is 1.82 bits per heavy atom. The van der Waals surface area contributed by atoms with Gasteiger partial charge in [-0.05, 0) is 30.0 Å². The number of rotatable bonds is 12. The highest BCUT2D eigenvalue weighted by Crippen LogP contribution is 2.32. The van der Waals surface area contributed by atoms with Gasteiger partial charge in [-0.2, -0.15) is 0 Å². The van der Waals surface area contributed by atoms with Crippen molar-refractivity contribution >= 4 is 51.8 Å². The molecule has 4 aromatic rings. The van der Waals surface area contributed by atoms with E-state index in [1.165, 1.54) is 23.1 Å². The van der Waals surface area contributed by atoms with E-state index in [2.05, 4.69) is 31.0 Å². The monoisotopic (exact) mass is 571 g/mol. The summed E-state index contributed by atoms with van der Waals surface area (Å²) in [5.74, 6) is 2.01. The first-order valence-electron chi connectivity index (χ1n) is 11.4. The van der Waals surface area contributed by atoms with Gasteiger partial charge in [0.15, 0.2) is 15.3 Å². The fraction of sp³-hybridized carbons (Fsp3) is 0.250. The molecule has 0 unspecified atom stereocenters. The molecule has 4 rings (SSSR count). The minimum absolute atomic E-state index is 0.0522. The highest BCUT2D eigenvalue weighted by Gasteiger charge is 2.21. The lowest BCUT2D eigenvalue weighted by atomic mass is 10.2. The van der Waals surface area contributed by atoms with Gasteiger partial charge in [-0.15, -0.1) is 20.4 Å². The van der Waals surface area contributed by atoms with E-state index >= 15 is 0 Å². The third-order valence-corrected chi connectivity index (χ3v) is 7.81. The molecule has 2 heterocycles. The number of methoxy groups -OCH3 is 2. The summed E-state index contributed by atoms with van der Waals surface area (Å²) >= 11 is 4.08. The van der Waals surface area contributed by atoms with Crippen molar-refractivity contribution in [2.45, 2.75) is 23.0 Å². The molecule has 198 valence electrons. The van der Waals surface area contributed by atoms with E-state index < -0.39 is 0 Å². The van der Waals surface area contributed by atoms with Crippen LogP contribution < -0.4 is 20.1 Å². The van der Waals surface area contributed by atoms with Crippen LogP contribution in [0.4, 0.5) is 5.13 Å². The number of carbonyl (C=O) groups excluding carboxylic acids is 2. The summed E-state index contributed by atoms with van der Waals surface area (Å²) in [5, 5.41) is 23.2. The maximum absolute atomic E-state index is 12.6. The van der Waals surface area contributed by atoms with E-state index in [0.29, 0.717) is 38.9 Å². The lowest BCUT2D eigenvalue weighted by Gasteiger charge is -2.15. The fourth-order valence-corrected chi connectivity index (χ4v) is 5.73. The number of nitrogens with one attached hydrogen (secondary N) is 2. The topological polar surface area (TPSA) is 133 Å². The molecule has 11 nitrogen and oxygen atoms in total. The van der Waals surface area contributed by atoms with Crippen LogP contribution in [0.15, 0.2) is 58.0 Å². The number of hydrogen-bond acceptors (Lipinski definition) is 11. The molecule has 0 spiro atoms. The Labute approximate surface area is 231 Å². The minimum Gasteiger partial charge on any atom is -0.497 e. The smallest absolute Gasteiger partial charge is 0.251 e. The maximum Gasteiger partial charge on any atom is 0.251 e. The molecule has 0 saturated heterocycles. The third kappa shape index (κ3) is 6.82. The SMILES string of the molecule is CCSc1nnc(NC(=O)CSc2nnc(CNC(=O)c3ccccc3)n2-c2cc(OC)ccc2OC)s1. The molecule has 0 fully saturated rings. The van der Waals surface area contributed by atoms with Crippen molar-refractivity contribution in [1.82, 2.24) is 30.3 Å². The molecule has 38 heavy (non-hydrogen) atoms. The van der Waals surface area contributed by atoms with Crippen LogP contribution in [0.1, 0.15) is 23.1 Å². The molecule has 0 aliphatic rings. The molecule has 0 aliphatic carbocycles. The Bertz CT molecular complexity index is 1390. The predicted octanol–water partition coefficient (Wildman–Crippen LogP) is 3.91. The van der Waals surface area contributed by atoms with E-state index in [1.54, 1.807) is 73.0 Å². The van der Waals surface area contributed by atoms with Crippen molar-refractivity contribution in [3.05, 3.63) is 59.9 Å². The molecule has 0 saturated carbocycles. The molecule has 2 aromatic heterocycles. The first kappa shape index (κ1) is 27.4. The molecule has 0 bridgehead atoms. The van der Waals surface area contributed by atoms with Gasteiger partial charge in [0.05, 0.1) is 32.2 Å². The second kappa shape index (κ2) is 13.3. The Hall–Kier alpha value is -3.62. The van der Waals surface area contributed by atoms with Crippen molar-refractivity contribution in [1.29, 1.82) is 0 Å². The zero-order valence-electron chi connectivity index (χ0n) is 20.8. The number of amides is 2. The molecular formula is C24H25N7O4S3. The molecule has 2 amide bonds. The molecule has 2 aromatic carbocycles. The predicted molar refractivity (Wildman–Crippen MR) is 148 cm³/mol. The molecule has 0 atom stereocenters. The lowest BCUT2D eigenvalue weighted by Crippen LogP contribution is -2.24. The average Bonchev–Trinajstić information content (AvgIpc) is 3.57. The van der Waals surface area contributed by atoms with Gasteiger partial charge in [-0.3, -0.25) is 19.5 Å². The lowest BCUT2D eigenvalue weighted by molar-refractivity contribution is -0.113. The summed E-state index contributed by atoms with van der Waals surface area (Å²) < 4.78 is 13.5. The van der Waals surface area contributed by atoms with Gasteiger partial charge in [0.1, 0.15) is 11.5 Å². The van der Waals surface area contributed by atoms with Gasteiger partial charge in [0.2, 0.25) is 11.0 Å². The van der Waals surface area contributed by atoms with Gasteiger partial charge in [-0.25, -0.2) is 0 Å². The second-order valence-electron chi connectivity index (χ2n) is 7.46. The van der Waals surface area contributed by atoms with Crippen LogP contribution in [-0.4, -0.2) is 62.5 Å². The van der Waals surface area contributed by atoms with Crippen LogP contribution in [-0.2, 0) is 11.3 Å². The van der Waals surface area contributed by atoms with Gasteiger partial charge in [0.25, 0.3) is 5.91 Å². The number of thioether (sulfide) groups is 2. The van der Waals surface area contributed by atoms with Crippen molar-refractivity contribution in [3.8, 4) is 17.2 Å². The zero-order valence-corrected chi connectivity index (χ0v) is 23.3. The molecular weight excluding hydrogens is 547 g/mol. The number of anilines is 1. The highest BCUT2D eigenvalue weighted by molar-refractivity contribution is 8.01. The van der Waals surface area contributed by atoms with Gasteiger partial charge in [-0.1, -0.05) is 60.0 Å². The van der Waals surface area contributed by atoms with E-state index in [9.17, 15) is 9.59 Å². The highest BCUT2D eigenvalue weighted by atomic mass is 32.2. The van der Waals surface area contributed by atoms with Crippen LogP contribution in [0.5, 0.6) is 11.5 Å². The van der Waals surface area contributed by atoms with Crippen molar-refractivity contribution < 1.29 is 19.1 Å². The molecule has 0 aliphatic heterocycles. The Morgan fingerprint density at radius 3 is 2.55 bits per heavy atom. The van der Waals surface area contributed by atoms with Crippen molar-refractivity contribution in [2.24, 2.45) is 0 Å². The van der Waals surface area contributed by atoms with Crippen LogP contribution in [0.2, 0.25) is 0 Å². The van der Waals surface area contributed by atoms with Crippen LogP contribution in [0, 0.1) is 0 Å². The Balaban J connectivity index is 1.56. The summed E-state index contributed by atoms with van der Waals surface area (Å²) in [7, 11) is 3.12. The summed E-state index contributed by atoms with van der Waals surface area (Å²) in [6, 6.07) is 14.2. The Morgan fingerprint density at radius 1 is 1.00 bits per heavy atom. The van der Waals surface area contributed by atoms with Gasteiger partial charge < -0.3 is 14.8 Å². The number of benzene rings is 2. The van der Waals surface area contributed by atoms with E-state index in [0.717, 1.165) is 10.1 Å². The minimum atomic E-state index is -0.259. The number of hydrogen-bond donors (Lipinski definition) is 2. The number of nitrogens with zero attached hydrogens (tertiary/aromatic N) is 5. The molecule has 0 radical (unpaired) electrons. The normalized spacial score (nSPS) is 10.7. The molecule has 14 heteroatoms. The first-order valence-corrected chi connectivity index (χ1v) is 14.2. The number of ether oxygens (including phenoxy) is 2. The quantitative estimate of drug-likeness (QED) is 0.190. The number of aromatic nitrogens is 5. The van der Waals surface area contributed by atoms with Crippen LogP contribution in [0.3, 0.4) is 0 Å². The van der Waals surface area contributed by atoms with Gasteiger partial charge in [0, 0.05) is 11.6 Å². The Kier molecular flexibility index (Phi) is 9.56. The van der Waals surface area contributed by atoms with E-state index in [4.69, 9.17) is 9.47 Å². The summed E-state index contributed by atoms with van der Waals surface area (Å²) in [6.07, 6.45) is 0. The van der Waals surface area contributed by atoms with E-state index in [-0.39, 0.29) is 24.1 Å². The largest absolute Gasteiger partial charge is 0.497 e. The zero-order chi connectivity index (χ0) is 26.9. The summed E-state index contributed by atoms with van der Waals surface area (Å²) in [5.41, 5.74) is 1.13. The summed E-state index contributed by atoms with van der Waals surface area (Å²) in [6.45, 7) is 2.12. The van der Waals surface area contributed by atoms with E-state index in [1.807, 2.05) is 13.0 Å². The van der Waals surface area contributed by atoms with Crippen molar-refractivity contribution in [3.63, 3.8) is 0 Å². The second-order valence-corrected chi connectivity index (χ2v) is 10.9. The average molecular weight is 572 g/mol. The third-order valence-electron chi connectivity index (χ3n) is 5.02. The summed E-state index contributed by atoms with van der Waals surface area (Å²) in [4.78, 5) is 25.3. The first-order chi connectivity index (χ1) is 18.5. The molecule has 2 N–H and O–H groups in total.